The zero-order valence-electron chi connectivity index (χ0n) is 19.1. The maximum Gasteiger partial charge on any atom is 0.318 e. The molecule has 170 valence electrons. The SMILES string of the molecule is CCCCc1ccc(C(=O)N2C[C@@H](C)N(C(=O)NCC(N)=O)Cc3ccccc32)c(C)c1. The first kappa shape index (κ1) is 23.3. The van der Waals surface area contributed by atoms with Crippen LogP contribution in [0.25, 0.3) is 0 Å². The highest BCUT2D eigenvalue weighted by Gasteiger charge is 2.32. The van der Waals surface area contributed by atoms with Gasteiger partial charge in [-0.3, -0.25) is 9.59 Å². The third kappa shape index (κ3) is 5.28. The molecule has 0 saturated carbocycles. The van der Waals surface area contributed by atoms with Crippen molar-refractivity contribution in [1.82, 2.24) is 10.2 Å². The Morgan fingerprint density at radius 2 is 1.91 bits per heavy atom. The normalized spacial score (nSPS) is 15.7. The van der Waals surface area contributed by atoms with E-state index in [4.69, 9.17) is 5.73 Å². The van der Waals surface area contributed by atoms with E-state index in [0.717, 1.165) is 36.1 Å². The number of benzene rings is 2. The van der Waals surface area contributed by atoms with Gasteiger partial charge in [-0.1, -0.05) is 43.7 Å². The summed E-state index contributed by atoms with van der Waals surface area (Å²) in [4.78, 5) is 40.8. The van der Waals surface area contributed by atoms with Gasteiger partial charge in [-0.05, 0) is 55.5 Å². The van der Waals surface area contributed by atoms with E-state index in [0.29, 0.717) is 18.7 Å². The van der Waals surface area contributed by atoms with E-state index < -0.39 is 5.91 Å². The second-order valence-electron chi connectivity index (χ2n) is 8.40. The van der Waals surface area contributed by atoms with Crippen LogP contribution in [0.2, 0.25) is 0 Å². The summed E-state index contributed by atoms with van der Waals surface area (Å²) >= 11 is 0. The smallest absolute Gasteiger partial charge is 0.318 e. The number of carbonyl (C=O) groups excluding carboxylic acids is 3. The molecular formula is C25H32N4O3. The summed E-state index contributed by atoms with van der Waals surface area (Å²) in [7, 11) is 0. The van der Waals surface area contributed by atoms with Crippen molar-refractivity contribution in [1.29, 1.82) is 0 Å². The van der Waals surface area contributed by atoms with E-state index in [9.17, 15) is 14.4 Å². The minimum absolute atomic E-state index is 0.0803. The number of aryl methyl sites for hydroxylation is 2. The molecule has 3 N–H and O–H groups in total. The maximum absolute atomic E-state index is 13.6. The molecule has 1 aliphatic heterocycles. The number of urea groups is 1. The van der Waals surface area contributed by atoms with Crippen molar-refractivity contribution in [3.63, 3.8) is 0 Å². The van der Waals surface area contributed by atoms with Crippen molar-refractivity contribution in [3.8, 4) is 0 Å². The lowest BCUT2D eigenvalue weighted by atomic mass is 10.00. The van der Waals surface area contributed by atoms with Crippen molar-refractivity contribution in [2.24, 2.45) is 5.73 Å². The van der Waals surface area contributed by atoms with Crippen LogP contribution in [0, 0.1) is 6.92 Å². The molecule has 0 bridgehead atoms. The van der Waals surface area contributed by atoms with Crippen LogP contribution in [0.3, 0.4) is 0 Å². The molecule has 1 heterocycles. The van der Waals surface area contributed by atoms with Crippen LogP contribution >= 0.6 is 0 Å². The summed E-state index contributed by atoms with van der Waals surface area (Å²) in [6, 6.07) is 13.0. The summed E-state index contributed by atoms with van der Waals surface area (Å²) in [5.74, 6) is -0.681. The molecule has 0 aromatic heterocycles. The largest absolute Gasteiger partial charge is 0.368 e. The fraction of sp³-hybridized carbons (Fsp3) is 0.400. The summed E-state index contributed by atoms with van der Waals surface area (Å²) in [6.45, 7) is 6.49. The number of nitrogens with zero attached hydrogens (tertiary/aromatic N) is 2. The van der Waals surface area contributed by atoms with Gasteiger partial charge in [0.1, 0.15) is 0 Å². The maximum atomic E-state index is 13.6. The monoisotopic (exact) mass is 436 g/mol. The second-order valence-corrected chi connectivity index (χ2v) is 8.40. The third-order valence-electron chi connectivity index (χ3n) is 5.86. The number of nitrogens with one attached hydrogen (secondary N) is 1. The van der Waals surface area contributed by atoms with Gasteiger partial charge in [0, 0.05) is 30.4 Å². The molecule has 3 rings (SSSR count). The van der Waals surface area contributed by atoms with E-state index in [-0.39, 0.29) is 24.5 Å². The summed E-state index contributed by atoms with van der Waals surface area (Å²) < 4.78 is 0. The Balaban J connectivity index is 1.90. The number of nitrogens with two attached hydrogens (primary N) is 1. The number of fused-ring (bicyclic) bond motifs is 1. The first-order valence-corrected chi connectivity index (χ1v) is 11.1. The predicted octanol–water partition coefficient (Wildman–Crippen LogP) is 3.38. The number of para-hydroxylation sites is 1. The highest BCUT2D eigenvalue weighted by molar-refractivity contribution is 6.07. The zero-order valence-corrected chi connectivity index (χ0v) is 19.1. The molecular weight excluding hydrogens is 404 g/mol. The topological polar surface area (TPSA) is 95.7 Å². The molecule has 0 spiro atoms. The number of amides is 4. The van der Waals surface area contributed by atoms with Crippen LogP contribution in [-0.4, -0.2) is 41.9 Å². The van der Waals surface area contributed by atoms with Crippen LogP contribution in [0.1, 0.15) is 53.7 Å². The first-order chi connectivity index (χ1) is 15.3. The first-order valence-electron chi connectivity index (χ1n) is 11.1. The Morgan fingerprint density at radius 1 is 1.16 bits per heavy atom. The Kier molecular flexibility index (Phi) is 7.51. The fourth-order valence-corrected chi connectivity index (χ4v) is 4.08. The summed E-state index contributed by atoms with van der Waals surface area (Å²) in [5.41, 5.74) is 9.69. The van der Waals surface area contributed by atoms with Crippen molar-refractivity contribution in [2.45, 2.75) is 52.6 Å². The van der Waals surface area contributed by atoms with Crippen LogP contribution < -0.4 is 16.0 Å². The number of primary amides is 1. The molecule has 0 fully saturated rings. The molecule has 4 amide bonds. The number of anilines is 1. The second kappa shape index (κ2) is 10.3. The van der Waals surface area contributed by atoms with Gasteiger partial charge in [0.15, 0.2) is 0 Å². The Bertz CT molecular complexity index is 1000. The van der Waals surface area contributed by atoms with Crippen LogP contribution in [0.5, 0.6) is 0 Å². The Hall–Kier alpha value is -3.35. The van der Waals surface area contributed by atoms with Gasteiger partial charge in [-0.2, -0.15) is 0 Å². The molecule has 1 atom stereocenters. The van der Waals surface area contributed by atoms with Crippen molar-refractivity contribution in [3.05, 3.63) is 64.7 Å². The average Bonchev–Trinajstić information content (AvgIpc) is 2.92. The van der Waals surface area contributed by atoms with E-state index in [1.807, 2.05) is 50.2 Å². The highest BCUT2D eigenvalue weighted by Crippen LogP contribution is 2.29. The average molecular weight is 437 g/mol. The number of hydrogen-bond acceptors (Lipinski definition) is 3. The van der Waals surface area contributed by atoms with E-state index in [1.54, 1.807) is 9.80 Å². The molecule has 0 unspecified atom stereocenters. The molecule has 7 nitrogen and oxygen atoms in total. The molecule has 0 saturated heterocycles. The van der Waals surface area contributed by atoms with Gasteiger partial charge in [0.25, 0.3) is 5.91 Å². The zero-order chi connectivity index (χ0) is 23.3. The van der Waals surface area contributed by atoms with Gasteiger partial charge in [-0.15, -0.1) is 0 Å². The predicted molar refractivity (Wildman–Crippen MR) is 126 cm³/mol. The quantitative estimate of drug-likeness (QED) is 0.727. The number of carbonyl (C=O) groups is 3. The molecule has 0 aliphatic carbocycles. The van der Waals surface area contributed by atoms with Gasteiger partial charge < -0.3 is 20.9 Å². The minimum Gasteiger partial charge on any atom is -0.368 e. The van der Waals surface area contributed by atoms with Crippen molar-refractivity contribution >= 4 is 23.5 Å². The standard InChI is InChI=1S/C25H32N4O3/c1-4-5-8-19-11-12-21(17(2)13-19)24(31)29-15-18(3)28(25(32)27-14-23(26)30)16-20-9-6-7-10-22(20)29/h6-7,9-13,18H,4-5,8,14-16H2,1-3H3,(H2,26,30)(H,27,32)/t18-/m1/s1. The highest BCUT2D eigenvalue weighted by atomic mass is 16.2. The van der Waals surface area contributed by atoms with Crippen LogP contribution in [0.15, 0.2) is 42.5 Å². The van der Waals surface area contributed by atoms with Crippen LogP contribution in [0.4, 0.5) is 10.5 Å². The Morgan fingerprint density at radius 3 is 2.59 bits per heavy atom. The van der Waals surface area contributed by atoms with Gasteiger partial charge in [0.05, 0.1) is 6.54 Å². The number of unbranched alkanes of at least 4 members (excludes halogenated alkanes) is 1. The molecule has 2 aromatic carbocycles. The fourth-order valence-electron chi connectivity index (χ4n) is 4.08. The molecule has 1 aliphatic rings. The van der Waals surface area contributed by atoms with Gasteiger partial charge in [0.2, 0.25) is 5.91 Å². The summed E-state index contributed by atoms with van der Waals surface area (Å²) in [6.07, 6.45) is 3.26. The Labute approximate surface area is 189 Å². The molecule has 0 radical (unpaired) electrons. The number of rotatable bonds is 6. The van der Waals surface area contributed by atoms with Crippen molar-refractivity contribution in [2.75, 3.05) is 18.0 Å². The molecule has 2 aromatic rings. The van der Waals surface area contributed by atoms with Gasteiger partial charge >= 0.3 is 6.03 Å². The lowest BCUT2D eigenvalue weighted by molar-refractivity contribution is -0.117. The molecule has 32 heavy (non-hydrogen) atoms. The van der Waals surface area contributed by atoms with Crippen LogP contribution in [-0.2, 0) is 17.8 Å². The van der Waals surface area contributed by atoms with E-state index in [2.05, 4.69) is 18.3 Å². The minimum atomic E-state index is -0.601. The van der Waals surface area contributed by atoms with Crippen molar-refractivity contribution < 1.29 is 14.4 Å². The van der Waals surface area contributed by atoms with E-state index >= 15 is 0 Å². The van der Waals surface area contributed by atoms with E-state index in [1.165, 1.54) is 5.56 Å². The third-order valence-corrected chi connectivity index (χ3v) is 5.86. The lowest BCUT2D eigenvalue weighted by Gasteiger charge is -2.29. The molecule has 7 heteroatoms. The lowest BCUT2D eigenvalue weighted by Crippen LogP contribution is -2.49. The summed E-state index contributed by atoms with van der Waals surface area (Å²) in [5, 5.41) is 2.56. The van der Waals surface area contributed by atoms with Gasteiger partial charge in [-0.25, -0.2) is 4.79 Å². The number of hydrogen-bond donors (Lipinski definition) is 2.